The van der Waals surface area contributed by atoms with Gasteiger partial charge in [-0.1, -0.05) is 32.1 Å². The summed E-state index contributed by atoms with van der Waals surface area (Å²) in [5, 5.41) is 0. The van der Waals surface area contributed by atoms with Gasteiger partial charge in [0.25, 0.3) is 0 Å². The minimum absolute atomic E-state index is 0.0315. The lowest BCUT2D eigenvalue weighted by molar-refractivity contribution is -0.177. The number of carbonyl (C=O) groups excluding carboxylic acids is 1. The van der Waals surface area contributed by atoms with E-state index in [1.807, 2.05) is 0 Å². The van der Waals surface area contributed by atoms with E-state index in [1.54, 1.807) is 6.92 Å². The van der Waals surface area contributed by atoms with Crippen molar-refractivity contribution in [1.29, 1.82) is 0 Å². The van der Waals surface area contributed by atoms with E-state index in [0.717, 1.165) is 12.8 Å². The highest BCUT2D eigenvalue weighted by Gasteiger charge is 2.49. The quantitative estimate of drug-likeness (QED) is 0.277. The molecule has 1 heterocycles. The van der Waals surface area contributed by atoms with Gasteiger partial charge in [-0.15, -0.1) is 0 Å². The number of allylic oxidation sites excluding steroid dienone is 5. The van der Waals surface area contributed by atoms with E-state index >= 15 is 0 Å². The molecule has 1 aliphatic heterocycles. The molecule has 0 radical (unpaired) electrons. The Kier molecular flexibility index (Phi) is 8.40. The van der Waals surface area contributed by atoms with Crippen LogP contribution < -0.4 is 0 Å². The number of fused-ring (bicyclic) bond motifs is 1. The zero-order chi connectivity index (χ0) is 27.8. The lowest BCUT2D eigenvalue weighted by Crippen LogP contribution is -2.51. The average Bonchev–Trinajstić information content (AvgIpc) is 2.84. The zero-order valence-corrected chi connectivity index (χ0v) is 21.9. The molecule has 2 fully saturated rings. The molecular formula is C28H35F6NO3. The normalized spacial score (nSPS) is 30.3. The van der Waals surface area contributed by atoms with Gasteiger partial charge < -0.3 is 9.47 Å². The number of alkyl halides is 6. The smallest absolute Gasteiger partial charge is 0.420 e. The van der Waals surface area contributed by atoms with Crippen LogP contribution in [0.25, 0.3) is 0 Å². The van der Waals surface area contributed by atoms with Crippen molar-refractivity contribution in [3.63, 3.8) is 0 Å². The molecule has 10 heteroatoms. The third kappa shape index (κ3) is 6.15. The van der Waals surface area contributed by atoms with Crippen LogP contribution in [0.1, 0.15) is 52.4 Å². The van der Waals surface area contributed by atoms with Gasteiger partial charge in [0.15, 0.2) is 0 Å². The maximum atomic E-state index is 14.3. The average molecular weight is 548 g/mol. The largest absolute Gasteiger partial charge is 0.490 e. The van der Waals surface area contributed by atoms with Crippen molar-refractivity contribution in [2.24, 2.45) is 23.7 Å². The van der Waals surface area contributed by atoms with E-state index < -0.39 is 47.7 Å². The molecule has 0 bridgehead atoms. The standard InChI is InChI=1S/C28H35F6NO3/c1-16-4-7-20(8-5-16)38-23-14-17(2)22-15-19(6-9-21(22)24(23)27(29,30)31)25(28(32,33)34)35-12-10-18(11-13-35)26(36)37-3/h6,9,14-18,20,22,25H,4-5,7-8,10-13H2,1-3H3/t16-,17?,20+,22?,25?. The lowest BCUT2D eigenvalue weighted by atomic mass is 9.74. The van der Waals surface area contributed by atoms with Crippen LogP contribution in [0.4, 0.5) is 26.3 Å². The Bertz CT molecular complexity index is 1010. The van der Waals surface area contributed by atoms with E-state index in [2.05, 4.69) is 6.92 Å². The first-order chi connectivity index (χ1) is 17.8. The van der Waals surface area contributed by atoms with Crippen molar-refractivity contribution in [2.45, 2.75) is 76.9 Å². The predicted octanol–water partition coefficient (Wildman–Crippen LogP) is 6.90. The highest BCUT2D eigenvalue weighted by atomic mass is 19.4. The lowest BCUT2D eigenvalue weighted by Gasteiger charge is -2.40. The summed E-state index contributed by atoms with van der Waals surface area (Å²) in [6.45, 7) is 3.88. The molecule has 4 rings (SSSR count). The zero-order valence-electron chi connectivity index (χ0n) is 21.9. The fourth-order valence-electron chi connectivity index (χ4n) is 6.18. The van der Waals surface area contributed by atoms with Crippen molar-refractivity contribution in [1.82, 2.24) is 4.90 Å². The van der Waals surface area contributed by atoms with Crippen LogP contribution in [0, 0.1) is 23.7 Å². The molecule has 0 aromatic heterocycles. The number of hydrogen-bond donors (Lipinski definition) is 0. The first-order valence-corrected chi connectivity index (χ1v) is 13.3. The molecule has 0 aromatic carbocycles. The summed E-state index contributed by atoms with van der Waals surface area (Å²) in [4.78, 5) is 13.1. The van der Waals surface area contributed by atoms with Crippen molar-refractivity contribution in [3.8, 4) is 0 Å². The Morgan fingerprint density at radius 1 is 0.947 bits per heavy atom. The maximum Gasteiger partial charge on any atom is 0.420 e. The Labute approximate surface area is 219 Å². The van der Waals surface area contributed by atoms with E-state index in [1.165, 1.54) is 36.3 Å². The Morgan fingerprint density at radius 2 is 1.58 bits per heavy atom. The third-order valence-electron chi connectivity index (χ3n) is 8.30. The number of carbonyl (C=O) groups is 1. The molecule has 0 spiro atoms. The number of likely N-dealkylation sites (tertiary alicyclic amines) is 1. The molecule has 4 aliphatic rings. The minimum atomic E-state index is -4.71. The molecule has 4 nitrogen and oxygen atoms in total. The van der Waals surface area contributed by atoms with E-state index in [9.17, 15) is 31.1 Å². The van der Waals surface area contributed by atoms with Crippen LogP contribution in [0.5, 0.6) is 0 Å². The first-order valence-electron chi connectivity index (χ1n) is 13.3. The fourth-order valence-corrected chi connectivity index (χ4v) is 6.18. The summed E-state index contributed by atoms with van der Waals surface area (Å²) in [6, 6.07) is -1.97. The first kappa shape index (κ1) is 28.8. The van der Waals surface area contributed by atoms with Crippen LogP contribution in [0.15, 0.2) is 46.8 Å². The summed E-state index contributed by atoms with van der Waals surface area (Å²) in [5.41, 5.74) is -1.02. The van der Waals surface area contributed by atoms with Gasteiger partial charge in [-0.05, 0) is 80.7 Å². The predicted molar refractivity (Wildman–Crippen MR) is 130 cm³/mol. The van der Waals surface area contributed by atoms with Crippen molar-refractivity contribution in [3.05, 3.63) is 46.8 Å². The molecule has 38 heavy (non-hydrogen) atoms. The highest BCUT2D eigenvalue weighted by Crippen LogP contribution is 2.47. The summed E-state index contributed by atoms with van der Waals surface area (Å²) >= 11 is 0. The number of hydrogen-bond acceptors (Lipinski definition) is 4. The minimum Gasteiger partial charge on any atom is -0.490 e. The van der Waals surface area contributed by atoms with Gasteiger partial charge in [0, 0.05) is 5.92 Å². The highest BCUT2D eigenvalue weighted by molar-refractivity contribution is 5.72. The topological polar surface area (TPSA) is 38.8 Å². The Balaban J connectivity index is 1.61. The van der Waals surface area contributed by atoms with Gasteiger partial charge in [0.05, 0.1) is 19.1 Å². The van der Waals surface area contributed by atoms with Crippen LogP contribution in [-0.2, 0) is 14.3 Å². The number of ether oxygens (including phenoxy) is 2. The summed E-state index contributed by atoms with van der Waals surface area (Å²) in [6.07, 6.45) is -0.957. The number of nitrogens with zero attached hydrogens (tertiary/aromatic N) is 1. The summed E-state index contributed by atoms with van der Waals surface area (Å²) in [7, 11) is 1.25. The van der Waals surface area contributed by atoms with E-state index in [-0.39, 0.29) is 48.9 Å². The Morgan fingerprint density at radius 3 is 2.13 bits per heavy atom. The second-order valence-corrected chi connectivity index (χ2v) is 11.0. The molecule has 3 unspecified atom stereocenters. The van der Waals surface area contributed by atoms with Gasteiger partial charge in [-0.2, -0.15) is 26.3 Å². The summed E-state index contributed by atoms with van der Waals surface area (Å²) in [5.74, 6) is -1.94. The van der Waals surface area contributed by atoms with Gasteiger partial charge in [-0.3, -0.25) is 9.69 Å². The van der Waals surface area contributed by atoms with Crippen LogP contribution in [0.2, 0.25) is 0 Å². The number of methoxy groups -OCH3 is 1. The second kappa shape index (κ2) is 11.1. The van der Waals surface area contributed by atoms with E-state index in [4.69, 9.17) is 9.47 Å². The van der Waals surface area contributed by atoms with E-state index in [0.29, 0.717) is 18.8 Å². The molecule has 0 N–H and O–H groups in total. The van der Waals surface area contributed by atoms with Crippen LogP contribution in [0.3, 0.4) is 0 Å². The van der Waals surface area contributed by atoms with Crippen LogP contribution in [-0.4, -0.2) is 55.6 Å². The molecule has 1 saturated heterocycles. The van der Waals surface area contributed by atoms with Crippen molar-refractivity contribution < 1.29 is 40.6 Å². The maximum absolute atomic E-state index is 14.3. The second-order valence-electron chi connectivity index (χ2n) is 11.0. The Hall–Kier alpha value is -2.23. The number of piperidine rings is 1. The molecule has 3 atom stereocenters. The van der Waals surface area contributed by atoms with Gasteiger partial charge in [0.1, 0.15) is 17.4 Å². The molecule has 3 aliphatic carbocycles. The molecular weight excluding hydrogens is 512 g/mol. The fraction of sp³-hybridized carbons (Fsp3) is 0.679. The monoisotopic (exact) mass is 547 g/mol. The molecule has 0 aromatic rings. The SMILES string of the molecule is COC(=O)C1CCN(C(C2=CC3C(=C(C(F)(F)F)C(O[C@H]4CC[C@@H](C)CC4)=CC3C)C=C2)C(F)(F)F)CC1. The van der Waals surface area contributed by atoms with Crippen molar-refractivity contribution in [2.75, 3.05) is 20.2 Å². The van der Waals surface area contributed by atoms with Crippen LogP contribution >= 0.6 is 0 Å². The van der Waals surface area contributed by atoms with Crippen molar-refractivity contribution >= 4 is 5.97 Å². The van der Waals surface area contributed by atoms with Gasteiger partial charge >= 0.3 is 18.3 Å². The molecule has 1 saturated carbocycles. The van der Waals surface area contributed by atoms with Gasteiger partial charge in [0.2, 0.25) is 0 Å². The van der Waals surface area contributed by atoms with Gasteiger partial charge in [-0.25, -0.2) is 0 Å². The number of esters is 1. The summed E-state index contributed by atoms with van der Waals surface area (Å²) < 4.78 is 96.5. The third-order valence-corrected chi connectivity index (χ3v) is 8.30. The molecule has 0 amide bonds. The number of rotatable bonds is 5. The number of halogens is 6. The molecule has 212 valence electrons.